The quantitative estimate of drug-likeness (QED) is 0.933. The molecule has 1 fully saturated rings. The minimum absolute atomic E-state index is 0.0338. The van der Waals surface area contributed by atoms with Crippen molar-refractivity contribution in [2.24, 2.45) is 0 Å². The number of hydrogen-bond acceptors (Lipinski definition) is 3. The predicted octanol–water partition coefficient (Wildman–Crippen LogP) is 3.54. The molecule has 106 valence electrons. The van der Waals surface area contributed by atoms with Crippen LogP contribution < -0.4 is 5.32 Å². The Balaban J connectivity index is 2.03. The van der Waals surface area contributed by atoms with Crippen molar-refractivity contribution in [2.75, 3.05) is 26.2 Å². The second kappa shape index (κ2) is 6.22. The summed E-state index contributed by atoms with van der Waals surface area (Å²) in [4.78, 5) is 2.36. The van der Waals surface area contributed by atoms with E-state index < -0.39 is 0 Å². The summed E-state index contributed by atoms with van der Waals surface area (Å²) in [5.41, 5.74) is 2.04. The average molecular weight is 311 g/mol. The molecule has 2 heterocycles. The summed E-state index contributed by atoms with van der Waals surface area (Å²) in [6, 6.07) is 7.20. The SMILES string of the molecule is Fc1cccc([C@@H](c2ccsc2)N2CCNCC2)c1Cl. The molecule has 0 aliphatic carbocycles. The summed E-state index contributed by atoms with van der Waals surface area (Å²) in [5, 5.41) is 7.76. The van der Waals surface area contributed by atoms with Gasteiger partial charge in [-0.3, -0.25) is 4.90 Å². The zero-order valence-electron chi connectivity index (χ0n) is 11.0. The number of rotatable bonds is 3. The third-order valence-electron chi connectivity index (χ3n) is 3.65. The zero-order chi connectivity index (χ0) is 13.9. The van der Waals surface area contributed by atoms with Crippen molar-refractivity contribution in [3.8, 4) is 0 Å². The fraction of sp³-hybridized carbons (Fsp3) is 0.333. The number of hydrogen-bond donors (Lipinski definition) is 1. The van der Waals surface area contributed by atoms with Crippen molar-refractivity contribution in [1.29, 1.82) is 0 Å². The van der Waals surface area contributed by atoms with Crippen molar-refractivity contribution >= 4 is 22.9 Å². The number of piperazine rings is 1. The van der Waals surface area contributed by atoms with E-state index in [1.54, 1.807) is 17.4 Å². The van der Waals surface area contributed by atoms with Gasteiger partial charge >= 0.3 is 0 Å². The molecule has 1 aliphatic rings. The van der Waals surface area contributed by atoms with E-state index in [0.29, 0.717) is 0 Å². The number of thiophene rings is 1. The lowest BCUT2D eigenvalue weighted by Gasteiger charge is -2.35. The minimum Gasteiger partial charge on any atom is -0.314 e. The van der Waals surface area contributed by atoms with E-state index in [9.17, 15) is 4.39 Å². The van der Waals surface area contributed by atoms with Crippen molar-refractivity contribution in [1.82, 2.24) is 10.2 Å². The number of nitrogens with zero attached hydrogens (tertiary/aromatic N) is 1. The highest BCUT2D eigenvalue weighted by molar-refractivity contribution is 7.08. The van der Waals surface area contributed by atoms with Crippen LogP contribution in [0, 0.1) is 5.82 Å². The van der Waals surface area contributed by atoms with E-state index >= 15 is 0 Å². The maximum absolute atomic E-state index is 13.8. The Hall–Kier alpha value is -0.940. The molecule has 2 aromatic rings. The number of halogens is 2. The topological polar surface area (TPSA) is 15.3 Å². The molecule has 1 aromatic carbocycles. The largest absolute Gasteiger partial charge is 0.314 e. The van der Waals surface area contributed by atoms with Gasteiger partial charge in [0.25, 0.3) is 0 Å². The lowest BCUT2D eigenvalue weighted by Crippen LogP contribution is -2.45. The Labute approximate surface area is 127 Å². The van der Waals surface area contributed by atoms with Crippen LogP contribution in [0.2, 0.25) is 5.02 Å². The van der Waals surface area contributed by atoms with Gasteiger partial charge in [-0.2, -0.15) is 11.3 Å². The van der Waals surface area contributed by atoms with Crippen molar-refractivity contribution in [2.45, 2.75) is 6.04 Å². The van der Waals surface area contributed by atoms with E-state index in [0.717, 1.165) is 31.7 Å². The van der Waals surface area contributed by atoms with E-state index in [1.165, 1.54) is 11.6 Å². The normalized spacial score (nSPS) is 18.1. The summed E-state index contributed by atoms with van der Waals surface area (Å²) in [6.45, 7) is 3.78. The van der Waals surface area contributed by atoms with Gasteiger partial charge in [0, 0.05) is 26.2 Å². The molecule has 0 radical (unpaired) electrons. The molecule has 0 saturated carbocycles. The first kappa shape index (κ1) is 14.0. The highest BCUT2D eigenvalue weighted by Gasteiger charge is 2.26. The van der Waals surface area contributed by atoms with Gasteiger partial charge < -0.3 is 5.32 Å². The summed E-state index contributed by atoms with van der Waals surface area (Å²) in [5.74, 6) is -0.348. The Morgan fingerprint density at radius 3 is 2.75 bits per heavy atom. The zero-order valence-corrected chi connectivity index (χ0v) is 12.6. The van der Waals surface area contributed by atoms with Crippen LogP contribution in [0.25, 0.3) is 0 Å². The highest BCUT2D eigenvalue weighted by Crippen LogP contribution is 2.35. The van der Waals surface area contributed by atoms with Crippen LogP contribution in [0.15, 0.2) is 35.0 Å². The van der Waals surface area contributed by atoms with Crippen LogP contribution in [0.4, 0.5) is 4.39 Å². The van der Waals surface area contributed by atoms with Crippen molar-refractivity contribution in [3.63, 3.8) is 0 Å². The highest BCUT2D eigenvalue weighted by atomic mass is 35.5. The fourth-order valence-electron chi connectivity index (χ4n) is 2.69. The molecule has 1 N–H and O–H groups in total. The molecule has 0 amide bonds. The van der Waals surface area contributed by atoms with Gasteiger partial charge in [-0.15, -0.1) is 0 Å². The standard InChI is InChI=1S/C15H16ClFN2S/c16-14-12(2-1-3-13(14)17)15(11-4-9-20-10-11)19-7-5-18-6-8-19/h1-4,9-10,15,18H,5-8H2/t15-/m1/s1. The monoisotopic (exact) mass is 310 g/mol. The van der Waals surface area contributed by atoms with E-state index in [2.05, 4.69) is 27.0 Å². The Bertz CT molecular complexity index is 567. The Morgan fingerprint density at radius 1 is 1.25 bits per heavy atom. The fourth-order valence-corrected chi connectivity index (χ4v) is 3.60. The van der Waals surface area contributed by atoms with Crippen LogP contribution in [0.3, 0.4) is 0 Å². The van der Waals surface area contributed by atoms with Gasteiger partial charge in [-0.25, -0.2) is 4.39 Å². The summed E-state index contributed by atoms with van der Waals surface area (Å²) < 4.78 is 13.8. The minimum atomic E-state index is -0.348. The van der Waals surface area contributed by atoms with E-state index in [-0.39, 0.29) is 16.9 Å². The molecule has 1 aromatic heterocycles. The van der Waals surface area contributed by atoms with Crippen LogP contribution in [-0.2, 0) is 0 Å². The molecule has 0 unspecified atom stereocenters. The Morgan fingerprint density at radius 2 is 2.05 bits per heavy atom. The van der Waals surface area contributed by atoms with Crippen LogP contribution >= 0.6 is 22.9 Å². The second-order valence-corrected chi connectivity index (χ2v) is 6.05. The first-order valence-corrected chi connectivity index (χ1v) is 8.00. The summed E-state index contributed by atoms with van der Waals surface area (Å²) in [7, 11) is 0. The van der Waals surface area contributed by atoms with Crippen LogP contribution in [0.5, 0.6) is 0 Å². The predicted molar refractivity (Wildman–Crippen MR) is 82.0 cm³/mol. The second-order valence-electron chi connectivity index (χ2n) is 4.89. The molecular weight excluding hydrogens is 295 g/mol. The number of benzene rings is 1. The average Bonchev–Trinajstić information content (AvgIpc) is 2.99. The summed E-state index contributed by atoms with van der Waals surface area (Å²) in [6.07, 6.45) is 0. The maximum atomic E-state index is 13.8. The third kappa shape index (κ3) is 2.74. The molecule has 2 nitrogen and oxygen atoms in total. The van der Waals surface area contributed by atoms with Gasteiger partial charge in [0.1, 0.15) is 5.82 Å². The molecule has 0 spiro atoms. The molecule has 1 atom stereocenters. The molecule has 20 heavy (non-hydrogen) atoms. The molecule has 3 rings (SSSR count). The van der Waals surface area contributed by atoms with Crippen LogP contribution in [0.1, 0.15) is 17.2 Å². The van der Waals surface area contributed by atoms with Gasteiger partial charge in [-0.1, -0.05) is 23.7 Å². The lowest BCUT2D eigenvalue weighted by molar-refractivity contribution is 0.198. The Kier molecular flexibility index (Phi) is 4.36. The smallest absolute Gasteiger partial charge is 0.142 e. The first-order chi connectivity index (χ1) is 9.77. The van der Waals surface area contributed by atoms with Crippen molar-refractivity contribution in [3.05, 3.63) is 57.0 Å². The van der Waals surface area contributed by atoms with Gasteiger partial charge in [-0.05, 0) is 34.0 Å². The summed E-state index contributed by atoms with van der Waals surface area (Å²) >= 11 is 7.87. The molecular formula is C15H16ClFN2S. The maximum Gasteiger partial charge on any atom is 0.142 e. The molecule has 5 heteroatoms. The van der Waals surface area contributed by atoms with Gasteiger partial charge in [0.15, 0.2) is 0 Å². The number of nitrogens with one attached hydrogen (secondary N) is 1. The van der Waals surface area contributed by atoms with Crippen molar-refractivity contribution < 1.29 is 4.39 Å². The first-order valence-electron chi connectivity index (χ1n) is 6.68. The molecule has 1 aliphatic heterocycles. The van der Waals surface area contributed by atoms with Crippen LogP contribution in [-0.4, -0.2) is 31.1 Å². The molecule has 0 bridgehead atoms. The third-order valence-corrected chi connectivity index (χ3v) is 4.75. The van der Waals surface area contributed by atoms with E-state index in [4.69, 9.17) is 11.6 Å². The van der Waals surface area contributed by atoms with E-state index in [1.807, 2.05) is 6.07 Å². The lowest BCUT2D eigenvalue weighted by atomic mass is 9.98. The molecule has 1 saturated heterocycles. The van der Waals surface area contributed by atoms with Gasteiger partial charge in [0.05, 0.1) is 11.1 Å². The van der Waals surface area contributed by atoms with Gasteiger partial charge in [0.2, 0.25) is 0 Å².